The zero-order valence-electron chi connectivity index (χ0n) is 15.4. The number of nitro benzene ring substituents is 1. The van der Waals surface area contributed by atoms with Gasteiger partial charge in [-0.25, -0.2) is 4.98 Å². The summed E-state index contributed by atoms with van der Waals surface area (Å²) in [6, 6.07) is 17.7. The van der Waals surface area contributed by atoms with Gasteiger partial charge in [-0.3, -0.25) is 10.1 Å². The summed E-state index contributed by atoms with van der Waals surface area (Å²) in [6.07, 6.45) is 0. The molecular weight excluding hydrogens is 358 g/mol. The highest BCUT2D eigenvalue weighted by Crippen LogP contribution is 2.22. The first-order valence-corrected chi connectivity index (χ1v) is 8.84. The lowest BCUT2D eigenvalue weighted by Gasteiger charge is -2.14. The Bertz CT molecular complexity index is 932. The van der Waals surface area contributed by atoms with Gasteiger partial charge >= 0.3 is 0 Å². The van der Waals surface area contributed by atoms with Gasteiger partial charge < -0.3 is 15.7 Å². The van der Waals surface area contributed by atoms with Crippen molar-refractivity contribution in [2.24, 2.45) is 0 Å². The molecule has 0 radical (unpaired) electrons. The standard InChI is InChI=1S/C20H21N5O3/c1-14(13-26)22-20-23-18(16-5-3-2-4-6-16)11-19(24-20)21-12-15-7-9-17(10-8-15)25(27)28/h2-11,14,26H,12-13H2,1H3,(H2,21,22,23,24)/t14-/m1/s1. The number of aliphatic hydroxyl groups excluding tert-OH is 1. The predicted octanol–water partition coefficient (Wildman–Crippen LogP) is 3.46. The lowest BCUT2D eigenvalue weighted by Crippen LogP contribution is -2.21. The van der Waals surface area contributed by atoms with E-state index in [1.807, 2.05) is 43.3 Å². The fourth-order valence-corrected chi connectivity index (χ4v) is 2.55. The summed E-state index contributed by atoms with van der Waals surface area (Å²) in [5.41, 5.74) is 2.64. The van der Waals surface area contributed by atoms with Gasteiger partial charge in [0.2, 0.25) is 5.95 Å². The quantitative estimate of drug-likeness (QED) is 0.406. The number of non-ortho nitro benzene ring substituents is 1. The van der Waals surface area contributed by atoms with Gasteiger partial charge in [0.1, 0.15) is 5.82 Å². The third-order valence-electron chi connectivity index (χ3n) is 4.07. The molecule has 1 atom stereocenters. The van der Waals surface area contributed by atoms with Crippen LogP contribution in [0.1, 0.15) is 12.5 Å². The van der Waals surface area contributed by atoms with Gasteiger partial charge in [0.25, 0.3) is 5.69 Å². The van der Waals surface area contributed by atoms with Gasteiger partial charge in [-0.2, -0.15) is 4.98 Å². The molecule has 8 heteroatoms. The number of nitrogens with one attached hydrogen (secondary N) is 2. The van der Waals surface area contributed by atoms with Crippen molar-refractivity contribution in [3.05, 3.63) is 76.3 Å². The molecule has 3 rings (SSSR count). The van der Waals surface area contributed by atoms with E-state index < -0.39 is 4.92 Å². The average molecular weight is 379 g/mol. The largest absolute Gasteiger partial charge is 0.394 e. The second-order valence-electron chi connectivity index (χ2n) is 6.33. The van der Waals surface area contributed by atoms with Crippen molar-refractivity contribution in [2.45, 2.75) is 19.5 Å². The molecule has 8 nitrogen and oxygen atoms in total. The highest BCUT2D eigenvalue weighted by molar-refractivity contribution is 5.64. The number of nitro groups is 1. The number of benzene rings is 2. The molecule has 2 aromatic carbocycles. The van der Waals surface area contributed by atoms with Crippen molar-refractivity contribution < 1.29 is 10.0 Å². The van der Waals surface area contributed by atoms with Crippen LogP contribution in [-0.2, 0) is 6.54 Å². The van der Waals surface area contributed by atoms with Crippen molar-refractivity contribution in [2.75, 3.05) is 17.2 Å². The Kier molecular flexibility index (Phi) is 6.13. The highest BCUT2D eigenvalue weighted by Gasteiger charge is 2.10. The number of hydrogen-bond donors (Lipinski definition) is 3. The molecule has 3 aromatic rings. The molecule has 0 aliphatic rings. The topological polar surface area (TPSA) is 113 Å². The minimum absolute atomic E-state index is 0.0372. The Morgan fingerprint density at radius 2 is 1.82 bits per heavy atom. The molecule has 0 saturated carbocycles. The highest BCUT2D eigenvalue weighted by atomic mass is 16.6. The van der Waals surface area contributed by atoms with Crippen molar-refractivity contribution in [1.29, 1.82) is 0 Å². The van der Waals surface area contributed by atoms with Crippen LogP contribution in [0, 0.1) is 10.1 Å². The van der Waals surface area contributed by atoms with Crippen LogP contribution in [0.3, 0.4) is 0 Å². The summed E-state index contributed by atoms with van der Waals surface area (Å²) in [4.78, 5) is 19.3. The Labute approximate surface area is 162 Å². The number of hydrogen-bond acceptors (Lipinski definition) is 7. The second kappa shape index (κ2) is 8.92. The van der Waals surface area contributed by atoms with Crippen LogP contribution >= 0.6 is 0 Å². The maximum Gasteiger partial charge on any atom is 0.269 e. The van der Waals surface area contributed by atoms with E-state index in [-0.39, 0.29) is 18.3 Å². The van der Waals surface area contributed by atoms with Gasteiger partial charge in [-0.05, 0) is 12.5 Å². The Hall–Kier alpha value is -3.52. The van der Waals surface area contributed by atoms with E-state index >= 15 is 0 Å². The maximum atomic E-state index is 10.8. The summed E-state index contributed by atoms with van der Waals surface area (Å²) in [6.45, 7) is 2.26. The van der Waals surface area contributed by atoms with Gasteiger partial charge in [-0.1, -0.05) is 42.5 Å². The molecule has 28 heavy (non-hydrogen) atoms. The van der Waals surface area contributed by atoms with Crippen LogP contribution in [0.2, 0.25) is 0 Å². The Morgan fingerprint density at radius 3 is 2.46 bits per heavy atom. The molecule has 0 aliphatic carbocycles. The Balaban J connectivity index is 1.82. The number of rotatable bonds is 8. The van der Waals surface area contributed by atoms with E-state index in [9.17, 15) is 15.2 Å². The van der Waals surface area contributed by atoms with Crippen LogP contribution in [0.4, 0.5) is 17.5 Å². The zero-order chi connectivity index (χ0) is 19.9. The molecular formula is C20H21N5O3. The van der Waals surface area contributed by atoms with Crippen molar-refractivity contribution in [3.63, 3.8) is 0 Å². The third-order valence-corrected chi connectivity index (χ3v) is 4.07. The maximum absolute atomic E-state index is 10.8. The average Bonchev–Trinajstić information content (AvgIpc) is 2.73. The molecule has 144 valence electrons. The summed E-state index contributed by atoms with van der Waals surface area (Å²) in [7, 11) is 0. The van der Waals surface area contributed by atoms with Crippen molar-refractivity contribution in [1.82, 2.24) is 9.97 Å². The van der Waals surface area contributed by atoms with Crippen LogP contribution < -0.4 is 10.6 Å². The monoisotopic (exact) mass is 379 g/mol. The van der Waals surface area contributed by atoms with Crippen LogP contribution in [0.25, 0.3) is 11.3 Å². The molecule has 1 heterocycles. The molecule has 0 bridgehead atoms. The van der Waals surface area contributed by atoms with Crippen LogP contribution in [-0.4, -0.2) is 32.6 Å². The van der Waals surface area contributed by atoms with E-state index in [0.717, 1.165) is 16.8 Å². The number of anilines is 2. The molecule has 0 unspecified atom stereocenters. The zero-order valence-corrected chi connectivity index (χ0v) is 15.4. The smallest absolute Gasteiger partial charge is 0.269 e. The fraction of sp³-hybridized carbons (Fsp3) is 0.200. The van der Waals surface area contributed by atoms with E-state index in [1.54, 1.807) is 12.1 Å². The first-order chi connectivity index (χ1) is 13.5. The lowest BCUT2D eigenvalue weighted by atomic mass is 10.1. The summed E-state index contributed by atoms with van der Waals surface area (Å²) in [5, 5.41) is 26.3. The van der Waals surface area contributed by atoms with Crippen molar-refractivity contribution >= 4 is 17.5 Å². The van der Waals surface area contributed by atoms with E-state index in [0.29, 0.717) is 18.3 Å². The normalized spacial score (nSPS) is 11.6. The number of aliphatic hydroxyl groups is 1. The molecule has 1 aromatic heterocycles. The van der Waals surface area contributed by atoms with Gasteiger partial charge in [-0.15, -0.1) is 0 Å². The van der Waals surface area contributed by atoms with Gasteiger partial charge in [0.15, 0.2) is 0 Å². The lowest BCUT2D eigenvalue weighted by molar-refractivity contribution is -0.384. The minimum Gasteiger partial charge on any atom is -0.394 e. The first kappa shape index (κ1) is 19.2. The van der Waals surface area contributed by atoms with E-state index in [4.69, 9.17) is 0 Å². The minimum atomic E-state index is -0.423. The molecule has 0 saturated heterocycles. The van der Waals surface area contributed by atoms with E-state index in [2.05, 4.69) is 20.6 Å². The summed E-state index contributed by atoms with van der Waals surface area (Å²) < 4.78 is 0. The predicted molar refractivity (Wildman–Crippen MR) is 108 cm³/mol. The van der Waals surface area contributed by atoms with E-state index in [1.165, 1.54) is 12.1 Å². The number of aromatic nitrogens is 2. The SMILES string of the molecule is C[C@H](CO)Nc1nc(NCc2ccc([N+](=O)[O-])cc2)cc(-c2ccccc2)n1. The molecule has 0 spiro atoms. The van der Waals surface area contributed by atoms with Gasteiger partial charge in [0, 0.05) is 36.3 Å². The summed E-state index contributed by atoms with van der Waals surface area (Å²) in [5.74, 6) is 1.02. The van der Waals surface area contributed by atoms with Gasteiger partial charge in [0.05, 0.1) is 17.2 Å². The second-order valence-corrected chi connectivity index (χ2v) is 6.33. The molecule has 0 amide bonds. The summed E-state index contributed by atoms with van der Waals surface area (Å²) >= 11 is 0. The Morgan fingerprint density at radius 1 is 1.11 bits per heavy atom. The van der Waals surface area contributed by atoms with Crippen LogP contribution in [0.15, 0.2) is 60.7 Å². The molecule has 0 aliphatic heterocycles. The first-order valence-electron chi connectivity index (χ1n) is 8.84. The van der Waals surface area contributed by atoms with Crippen molar-refractivity contribution in [3.8, 4) is 11.3 Å². The molecule has 3 N–H and O–H groups in total. The fourth-order valence-electron chi connectivity index (χ4n) is 2.55. The number of nitrogens with zero attached hydrogens (tertiary/aromatic N) is 3. The molecule has 0 fully saturated rings. The third kappa shape index (κ3) is 5.01. The van der Waals surface area contributed by atoms with Crippen LogP contribution in [0.5, 0.6) is 0 Å².